The van der Waals surface area contributed by atoms with E-state index in [0.29, 0.717) is 0 Å². The fraction of sp³-hybridized carbons (Fsp3) is 1.00. The Kier molecular flexibility index (Phi) is 20.0. The quantitative estimate of drug-likeness (QED) is 0.281. The summed E-state index contributed by atoms with van der Waals surface area (Å²) >= 11 is 0. The van der Waals surface area contributed by atoms with Crippen LogP contribution in [0.1, 0.15) is 71.1 Å². The first-order valence-corrected chi connectivity index (χ1v) is 9.18. The summed E-state index contributed by atoms with van der Waals surface area (Å²) in [5.41, 5.74) is 0. The van der Waals surface area contributed by atoms with Gasteiger partial charge in [-0.1, -0.05) is 64.7 Å². The van der Waals surface area contributed by atoms with Gasteiger partial charge in [0.2, 0.25) is 0 Å². The van der Waals surface area contributed by atoms with Crippen molar-refractivity contribution in [2.24, 2.45) is 0 Å². The van der Waals surface area contributed by atoms with Crippen LogP contribution in [0.3, 0.4) is 0 Å². The number of hydrogen-bond donors (Lipinski definition) is 1. The second-order valence-corrected chi connectivity index (χ2v) is 6.75. The molecule has 0 fully saturated rings. The minimum absolute atomic E-state index is 0. The summed E-state index contributed by atoms with van der Waals surface area (Å²) in [5, 5.41) is 8.52. The molecule has 4 nitrogen and oxygen atoms in total. The van der Waals surface area contributed by atoms with Crippen molar-refractivity contribution >= 4 is 10.1 Å². The summed E-state index contributed by atoms with van der Waals surface area (Å²) < 4.78 is 27.0. The van der Waals surface area contributed by atoms with Crippen LogP contribution in [0.25, 0.3) is 0 Å². The number of unbranched alkanes of at least 4 members (excludes halogenated alkanes) is 9. The Morgan fingerprint density at radius 3 is 1.75 bits per heavy atom. The summed E-state index contributed by atoms with van der Waals surface area (Å²) in [6.07, 6.45) is 12.1. The van der Waals surface area contributed by atoms with Crippen molar-refractivity contribution in [3.63, 3.8) is 0 Å². The molecular formula is C14H30KO4S+. The Labute approximate surface area is 167 Å². The predicted octanol–water partition coefficient (Wildman–Crippen LogP) is 0.250. The molecule has 1 N–H and O–H groups in total. The second kappa shape index (κ2) is 16.9. The van der Waals surface area contributed by atoms with E-state index in [2.05, 4.69) is 6.92 Å². The number of aliphatic hydroxyl groups excluding tert-OH is 1. The molecule has 0 bridgehead atoms. The van der Waals surface area contributed by atoms with Gasteiger partial charge in [-0.05, 0) is 6.42 Å². The molecular weight excluding hydrogens is 303 g/mol. The Morgan fingerprint density at radius 1 is 0.850 bits per heavy atom. The topological polar surface area (TPSA) is 63.6 Å². The Bertz CT molecular complexity index is 281. The second-order valence-electron chi connectivity index (χ2n) is 4.99. The van der Waals surface area contributed by atoms with Crippen molar-refractivity contribution in [3.05, 3.63) is 0 Å². The summed E-state index contributed by atoms with van der Waals surface area (Å²) in [4.78, 5) is 0. The maximum Gasteiger partial charge on any atom is 1.00 e. The van der Waals surface area contributed by atoms with Crippen molar-refractivity contribution in [2.75, 3.05) is 19.0 Å². The van der Waals surface area contributed by atoms with E-state index in [1.807, 2.05) is 0 Å². The molecule has 0 atom stereocenters. The zero-order valence-electron chi connectivity index (χ0n) is 13.3. The molecule has 0 aromatic heterocycles. The molecule has 6 heteroatoms. The van der Waals surface area contributed by atoms with Gasteiger partial charge in [0, 0.05) is 0 Å². The van der Waals surface area contributed by atoms with Crippen LogP contribution >= 0.6 is 0 Å². The van der Waals surface area contributed by atoms with E-state index >= 15 is 0 Å². The van der Waals surface area contributed by atoms with Crippen LogP contribution in [0.15, 0.2) is 0 Å². The van der Waals surface area contributed by atoms with Crippen molar-refractivity contribution in [3.8, 4) is 0 Å². The van der Waals surface area contributed by atoms with E-state index in [-0.39, 0.29) is 70.4 Å². The van der Waals surface area contributed by atoms with Gasteiger partial charge in [-0.3, -0.25) is 4.18 Å². The number of hydrogen-bond acceptors (Lipinski definition) is 4. The van der Waals surface area contributed by atoms with Gasteiger partial charge in [0.1, 0.15) is 0 Å². The molecule has 0 rings (SSSR count). The fourth-order valence-electron chi connectivity index (χ4n) is 1.95. The van der Waals surface area contributed by atoms with Crippen LogP contribution in [0, 0.1) is 0 Å². The van der Waals surface area contributed by atoms with Gasteiger partial charge in [-0.2, -0.15) is 8.42 Å². The first kappa shape index (κ1) is 23.8. The molecule has 0 aliphatic carbocycles. The molecule has 0 amide bonds. The minimum atomic E-state index is -3.49. The summed E-state index contributed by atoms with van der Waals surface area (Å²) in [5.74, 6) is -0.301. The van der Waals surface area contributed by atoms with Crippen LogP contribution in [-0.4, -0.2) is 32.5 Å². The largest absolute Gasteiger partial charge is 1.00 e. The van der Waals surface area contributed by atoms with Crippen LogP contribution in [0.2, 0.25) is 0 Å². The maximum atomic E-state index is 11.1. The van der Waals surface area contributed by atoms with Gasteiger partial charge >= 0.3 is 51.4 Å². The van der Waals surface area contributed by atoms with E-state index in [1.54, 1.807) is 0 Å². The molecule has 0 heterocycles. The van der Waals surface area contributed by atoms with Crippen LogP contribution in [0.4, 0.5) is 0 Å². The average Bonchev–Trinajstić information content (AvgIpc) is 2.36. The molecule has 0 aliphatic rings. The van der Waals surface area contributed by atoms with Crippen molar-refractivity contribution in [1.29, 1.82) is 0 Å². The van der Waals surface area contributed by atoms with Gasteiger partial charge < -0.3 is 5.11 Å². The van der Waals surface area contributed by atoms with E-state index in [9.17, 15) is 8.42 Å². The summed E-state index contributed by atoms with van der Waals surface area (Å²) in [7, 11) is -3.49. The van der Waals surface area contributed by atoms with Gasteiger partial charge in [-0.25, -0.2) is 0 Å². The van der Waals surface area contributed by atoms with Crippen molar-refractivity contribution in [2.45, 2.75) is 71.1 Å². The predicted molar refractivity (Wildman–Crippen MR) is 78.7 cm³/mol. The molecule has 0 aliphatic heterocycles. The smallest absolute Gasteiger partial charge is 0.395 e. The standard InChI is InChI=1S/C14H30O4S.K/c1-2-3-4-5-6-7-8-9-10-11-13-18-19(16,17)14-12-15;/h15H,2-14H2,1H3;/q;+1. The normalized spacial score (nSPS) is 11.3. The molecule has 0 radical (unpaired) electrons. The molecule has 0 saturated carbocycles. The molecule has 20 heavy (non-hydrogen) atoms. The molecule has 116 valence electrons. The van der Waals surface area contributed by atoms with Gasteiger partial charge in [-0.15, -0.1) is 0 Å². The number of rotatable bonds is 14. The van der Waals surface area contributed by atoms with Gasteiger partial charge in [0.25, 0.3) is 10.1 Å². The number of aliphatic hydroxyl groups is 1. The van der Waals surface area contributed by atoms with Crippen molar-refractivity contribution < 1.29 is 69.1 Å². The maximum absolute atomic E-state index is 11.1. The molecule has 0 unspecified atom stereocenters. The Hall–Kier alpha value is 1.51. The molecule has 0 aromatic rings. The summed E-state index contributed by atoms with van der Waals surface area (Å²) in [6.45, 7) is 2.10. The average molecular weight is 334 g/mol. The minimum Gasteiger partial charge on any atom is -0.395 e. The monoisotopic (exact) mass is 333 g/mol. The van der Waals surface area contributed by atoms with Gasteiger partial charge in [0.15, 0.2) is 0 Å². The third kappa shape index (κ3) is 17.6. The van der Waals surface area contributed by atoms with E-state index < -0.39 is 10.1 Å². The molecule has 0 saturated heterocycles. The third-order valence-corrected chi connectivity index (χ3v) is 4.31. The Balaban J connectivity index is 0. The van der Waals surface area contributed by atoms with Gasteiger partial charge in [0.05, 0.1) is 19.0 Å². The van der Waals surface area contributed by atoms with E-state index in [4.69, 9.17) is 9.29 Å². The fourth-order valence-corrected chi connectivity index (χ4v) is 2.66. The molecule has 0 aromatic carbocycles. The van der Waals surface area contributed by atoms with Crippen molar-refractivity contribution in [1.82, 2.24) is 0 Å². The van der Waals surface area contributed by atoms with E-state index in [0.717, 1.165) is 19.3 Å². The third-order valence-electron chi connectivity index (χ3n) is 3.10. The SMILES string of the molecule is CCCCCCCCCCCCOS(=O)(=O)CCO.[K+]. The zero-order valence-corrected chi connectivity index (χ0v) is 17.2. The molecule has 0 spiro atoms. The van der Waals surface area contributed by atoms with E-state index in [1.165, 1.54) is 44.9 Å². The summed E-state index contributed by atoms with van der Waals surface area (Å²) in [6, 6.07) is 0. The Morgan fingerprint density at radius 2 is 1.30 bits per heavy atom. The first-order chi connectivity index (χ1) is 9.12. The first-order valence-electron chi connectivity index (χ1n) is 7.60. The van der Waals surface area contributed by atoms with Crippen LogP contribution < -0.4 is 51.4 Å². The zero-order chi connectivity index (χ0) is 14.4. The van der Waals surface area contributed by atoms with Crippen LogP contribution in [-0.2, 0) is 14.3 Å². The van der Waals surface area contributed by atoms with Crippen LogP contribution in [0.5, 0.6) is 0 Å².